The number of carbonyl (C=O) groups is 1. The maximum absolute atomic E-state index is 14.5. The number of nitrogens with one attached hydrogen (secondary N) is 2. The van der Waals surface area contributed by atoms with E-state index in [0.717, 1.165) is 0 Å². The van der Waals surface area contributed by atoms with Crippen molar-refractivity contribution < 1.29 is 23.0 Å². The lowest BCUT2D eigenvalue weighted by molar-refractivity contribution is 0.122. The van der Waals surface area contributed by atoms with E-state index in [0.29, 0.717) is 75.4 Å². The predicted molar refractivity (Wildman–Crippen MR) is 112 cm³/mol. The minimum absolute atomic E-state index is 0.312. The lowest BCUT2D eigenvalue weighted by atomic mass is 10.2. The smallest absolute Gasteiger partial charge is 0.323 e. The SMILES string of the molecule is O=C(Nc1ccc(N2CCOCC2)c(F)c1)Nc1ccc(N2CCOCC2)c(F)c1. The number of rotatable bonds is 4. The molecule has 0 aromatic heterocycles. The Morgan fingerprint density at radius 1 is 0.733 bits per heavy atom. The third kappa shape index (κ3) is 4.80. The van der Waals surface area contributed by atoms with E-state index in [1.807, 2.05) is 9.80 Å². The van der Waals surface area contributed by atoms with Crippen molar-refractivity contribution in [1.29, 1.82) is 0 Å². The van der Waals surface area contributed by atoms with Crippen molar-refractivity contribution >= 4 is 28.8 Å². The second-order valence-corrected chi connectivity index (χ2v) is 7.11. The highest BCUT2D eigenvalue weighted by Gasteiger charge is 2.17. The van der Waals surface area contributed by atoms with Crippen LogP contribution in [0.4, 0.5) is 36.3 Å². The largest absolute Gasteiger partial charge is 0.378 e. The van der Waals surface area contributed by atoms with E-state index in [9.17, 15) is 13.6 Å². The summed E-state index contributed by atoms with van der Waals surface area (Å²) in [6.07, 6.45) is 0. The second kappa shape index (κ2) is 9.27. The molecule has 0 aliphatic carbocycles. The van der Waals surface area contributed by atoms with Crippen molar-refractivity contribution in [1.82, 2.24) is 0 Å². The Morgan fingerprint density at radius 3 is 1.50 bits per heavy atom. The highest BCUT2D eigenvalue weighted by Crippen LogP contribution is 2.25. The van der Waals surface area contributed by atoms with Crippen LogP contribution >= 0.6 is 0 Å². The summed E-state index contributed by atoms with van der Waals surface area (Å²) < 4.78 is 39.5. The summed E-state index contributed by atoms with van der Waals surface area (Å²) in [6.45, 7) is 4.72. The Balaban J connectivity index is 1.37. The van der Waals surface area contributed by atoms with Crippen LogP contribution in [0.15, 0.2) is 36.4 Å². The number of ether oxygens (including phenoxy) is 2. The van der Waals surface area contributed by atoms with Gasteiger partial charge in [0.2, 0.25) is 0 Å². The first kappa shape index (κ1) is 20.4. The zero-order valence-electron chi connectivity index (χ0n) is 16.5. The summed E-state index contributed by atoms with van der Waals surface area (Å²) in [6, 6.07) is 8.50. The fraction of sp³-hybridized carbons (Fsp3) is 0.381. The molecule has 0 bridgehead atoms. The number of anilines is 4. The van der Waals surface area contributed by atoms with Gasteiger partial charge in [0.05, 0.1) is 37.8 Å². The number of benzene rings is 2. The molecule has 2 aromatic rings. The molecule has 2 fully saturated rings. The van der Waals surface area contributed by atoms with E-state index < -0.39 is 17.7 Å². The molecule has 2 N–H and O–H groups in total. The van der Waals surface area contributed by atoms with Crippen molar-refractivity contribution in [2.24, 2.45) is 0 Å². The van der Waals surface area contributed by atoms with Gasteiger partial charge in [-0.05, 0) is 36.4 Å². The molecule has 0 saturated carbocycles. The van der Waals surface area contributed by atoms with E-state index in [1.54, 1.807) is 24.3 Å². The number of halogens is 2. The average molecular weight is 418 g/mol. The third-order valence-electron chi connectivity index (χ3n) is 5.11. The minimum atomic E-state index is -0.577. The van der Waals surface area contributed by atoms with Crippen molar-refractivity contribution in [2.45, 2.75) is 0 Å². The van der Waals surface area contributed by atoms with Crippen LogP contribution < -0.4 is 20.4 Å². The molecule has 2 aliphatic rings. The number of amides is 2. The molecule has 9 heteroatoms. The third-order valence-corrected chi connectivity index (χ3v) is 5.11. The predicted octanol–water partition coefficient (Wildman–Crippen LogP) is 3.28. The van der Waals surface area contributed by atoms with Crippen LogP contribution in [-0.4, -0.2) is 58.6 Å². The van der Waals surface area contributed by atoms with E-state index >= 15 is 0 Å². The molecule has 2 amide bonds. The van der Waals surface area contributed by atoms with E-state index in [4.69, 9.17) is 9.47 Å². The standard InChI is InChI=1S/C21H24F2N4O3/c22-17-13-15(1-3-19(17)26-5-9-29-10-6-26)24-21(28)25-16-2-4-20(18(23)14-16)27-7-11-30-12-8-27/h1-4,13-14H,5-12H2,(H2,24,25,28). The molecule has 4 rings (SSSR count). The summed E-state index contributed by atoms with van der Waals surface area (Å²) in [5.41, 5.74) is 1.58. The Hall–Kier alpha value is -2.91. The molecule has 0 spiro atoms. The molecule has 2 aliphatic heterocycles. The first-order chi connectivity index (χ1) is 14.6. The molecule has 160 valence electrons. The first-order valence-corrected chi connectivity index (χ1v) is 9.92. The second-order valence-electron chi connectivity index (χ2n) is 7.11. The summed E-state index contributed by atoms with van der Waals surface area (Å²) in [4.78, 5) is 16.1. The highest BCUT2D eigenvalue weighted by atomic mass is 19.1. The van der Waals surface area contributed by atoms with Gasteiger partial charge in [-0.25, -0.2) is 13.6 Å². The van der Waals surface area contributed by atoms with Gasteiger partial charge in [0.1, 0.15) is 11.6 Å². The number of nitrogens with zero attached hydrogens (tertiary/aromatic N) is 2. The lowest BCUT2D eigenvalue weighted by Crippen LogP contribution is -2.36. The first-order valence-electron chi connectivity index (χ1n) is 9.92. The van der Waals surface area contributed by atoms with Crippen LogP contribution in [0.3, 0.4) is 0 Å². The van der Waals surface area contributed by atoms with Crippen LogP contribution in [0.1, 0.15) is 0 Å². The van der Waals surface area contributed by atoms with Crippen molar-refractivity contribution in [3.05, 3.63) is 48.0 Å². The van der Waals surface area contributed by atoms with Gasteiger partial charge in [-0.15, -0.1) is 0 Å². The van der Waals surface area contributed by atoms with Crippen LogP contribution in [0, 0.1) is 11.6 Å². The number of morpholine rings is 2. The van der Waals surface area contributed by atoms with E-state index in [-0.39, 0.29) is 0 Å². The molecule has 2 saturated heterocycles. The molecule has 0 atom stereocenters. The Labute approximate surface area is 173 Å². The van der Waals surface area contributed by atoms with Crippen LogP contribution in [0.25, 0.3) is 0 Å². The minimum Gasteiger partial charge on any atom is -0.378 e. The number of urea groups is 1. The summed E-state index contributed by atoms with van der Waals surface area (Å²) in [7, 11) is 0. The van der Waals surface area contributed by atoms with Gasteiger partial charge in [0.15, 0.2) is 0 Å². The van der Waals surface area contributed by atoms with Gasteiger partial charge < -0.3 is 29.9 Å². The van der Waals surface area contributed by atoms with Gasteiger partial charge in [-0.1, -0.05) is 0 Å². The average Bonchev–Trinajstić information content (AvgIpc) is 2.75. The van der Waals surface area contributed by atoms with Crippen LogP contribution in [-0.2, 0) is 9.47 Å². The fourth-order valence-electron chi connectivity index (χ4n) is 3.58. The molecule has 7 nitrogen and oxygen atoms in total. The summed E-state index contributed by atoms with van der Waals surface area (Å²) in [5.74, 6) is -0.841. The Kier molecular flexibility index (Phi) is 6.29. The van der Waals surface area contributed by atoms with Crippen LogP contribution in [0.2, 0.25) is 0 Å². The Morgan fingerprint density at radius 2 is 1.13 bits per heavy atom. The molecular formula is C21H24F2N4O3. The Bertz CT molecular complexity index is 828. The van der Waals surface area contributed by atoms with Gasteiger partial charge in [-0.3, -0.25) is 0 Å². The number of carbonyl (C=O) groups excluding carboxylic acids is 1. The van der Waals surface area contributed by atoms with Gasteiger partial charge in [0.25, 0.3) is 0 Å². The van der Waals surface area contributed by atoms with Gasteiger partial charge in [-0.2, -0.15) is 0 Å². The van der Waals surface area contributed by atoms with Crippen molar-refractivity contribution in [3.8, 4) is 0 Å². The molecule has 30 heavy (non-hydrogen) atoms. The highest BCUT2D eigenvalue weighted by molar-refractivity contribution is 6.00. The zero-order valence-corrected chi connectivity index (χ0v) is 16.5. The normalized spacial score (nSPS) is 17.0. The van der Waals surface area contributed by atoms with E-state index in [2.05, 4.69) is 10.6 Å². The molecule has 2 heterocycles. The zero-order chi connectivity index (χ0) is 20.9. The van der Waals surface area contributed by atoms with Crippen molar-refractivity contribution in [2.75, 3.05) is 73.0 Å². The maximum Gasteiger partial charge on any atom is 0.323 e. The topological polar surface area (TPSA) is 66.1 Å². The van der Waals surface area contributed by atoms with Crippen molar-refractivity contribution in [3.63, 3.8) is 0 Å². The fourth-order valence-corrected chi connectivity index (χ4v) is 3.58. The van der Waals surface area contributed by atoms with Gasteiger partial charge >= 0.3 is 6.03 Å². The molecule has 0 unspecified atom stereocenters. The monoisotopic (exact) mass is 418 g/mol. The summed E-state index contributed by atoms with van der Waals surface area (Å²) in [5, 5.41) is 5.15. The van der Waals surface area contributed by atoms with Gasteiger partial charge in [0, 0.05) is 37.6 Å². The van der Waals surface area contributed by atoms with E-state index in [1.165, 1.54) is 12.1 Å². The lowest BCUT2D eigenvalue weighted by Gasteiger charge is -2.29. The summed E-state index contributed by atoms with van der Waals surface area (Å²) >= 11 is 0. The maximum atomic E-state index is 14.5. The molecule has 0 radical (unpaired) electrons. The molecule has 2 aromatic carbocycles. The number of hydrogen-bond acceptors (Lipinski definition) is 5. The number of hydrogen-bond donors (Lipinski definition) is 2. The molecular weight excluding hydrogens is 394 g/mol. The quantitative estimate of drug-likeness (QED) is 0.798. The van der Waals surface area contributed by atoms with Crippen LogP contribution in [0.5, 0.6) is 0 Å².